The molecule has 0 unspecified atom stereocenters. The van der Waals surface area contributed by atoms with Gasteiger partial charge in [-0.2, -0.15) is 0 Å². The highest BCUT2D eigenvalue weighted by Crippen LogP contribution is 2.27. The molecule has 1 aromatic heterocycles. The number of hydrogen-bond acceptors (Lipinski definition) is 5. The number of aryl methyl sites for hydroxylation is 1. The molecule has 0 aliphatic rings. The zero-order valence-corrected chi connectivity index (χ0v) is 22.1. The monoisotopic (exact) mass is 537 g/mol. The fraction of sp³-hybridized carbons (Fsp3) is 0.333. The highest BCUT2D eigenvalue weighted by Gasteiger charge is 2.26. The van der Waals surface area contributed by atoms with Crippen molar-refractivity contribution in [3.05, 3.63) is 69.2 Å². The molecule has 11 heteroatoms. The number of carbonyl (C=O) groups excluding carboxylic acids is 2. The maximum Gasteiger partial charge on any atom is 0.251 e. The Kier molecular flexibility index (Phi) is 9.15. The van der Waals surface area contributed by atoms with Crippen LogP contribution in [0, 0.1) is 18.7 Å². The number of aromatic nitrogens is 3. The van der Waals surface area contributed by atoms with Crippen molar-refractivity contribution in [2.45, 2.75) is 45.4 Å². The van der Waals surface area contributed by atoms with Crippen LogP contribution in [0.5, 0.6) is 0 Å². The van der Waals surface area contributed by atoms with Crippen molar-refractivity contribution in [3.8, 4) is 0 Å². The van der Waals surface area contributed by atoms with E-state index >= 15 is 0 Å². The molecule has 0 aliphatic heterocycles. The van der Waals surface area contributed by atoms with E-state index in [1.54, 1.807) is 25.1 Å². The molecule has 2 amide bonds. The molecule has 0 radical (unpaired) electrons. The van der Waals surface area contributed by atoms with Gasteiger partial charge in [-0.05, 0) is 55.7 Å². The number of amides is 2. The first-order chi connectivity index (χ1) is 16.6. The number of rotatable bonds is 9. The summed E-state index contributed by atoms with van der Waals surface area (Å²) < 4.78 is 15.4. The number of benzene rings is 2. The van der Waals surface area contributed by atoms with E-state index in [4.69, 9.17) is 23.2 Å². The SMILES string of the molecule is CCn1c(SCC(=O)Nc2cc(F)ccc2C)nnc1[C@H](NC(=O)c1ccc(Cl)c(Cl)c1)C(C)C. The van der Waals surface area contributed by atoms with Crippen LogP contribution < -0.4 is 10.6 Å². The van der Waals surface area contributed by atoms with E-state index < -0.39 is 11.9 Å². The van der Waals surface area contributed by atoms with Gasteiger partial charge in [0.25, 0.3) is 5.91 Å². The van der Waals surface area contributed by atoms with Crippen LogP contribution in [-0.2, 0) is 11.3 Å². The van der Waals surface area contributed by atoms with Crippen molar-refractivity contribution in [1.82, 2.24) is 20.1 Å². The van der Waals surface area contributed by atoms with Crippen molar-refractivity contribution in [2.75, 3.05) is 11.1 Å². The molecule has 35 heavy (non-hydrogen) atoms. The van der Waals surface area contributed by atoms with Crippen molar-refractivity contribution < 1.29 is 14.0 Å². The Morgan fingerprint density at radius 3 is 2.51 bits per heavy atom. The second kappa shape index (κ2) is 11.9. The minimum Gasteiger partial charge on any atom is -0.342 e. The summed E-state index contributed by atoms with van der Waals surface area (Å²) in [4.78, 5) is 25.4. The molecule has 0 saturated carbocycles. The van der Waals surface area contributed by atoms with Gasteiger partial charge in [-0.3, -0.25) is 9.59 Å². The van der Waals surface area contributed by atoms with E-state index in [2.05, 4.69) is 20.8 Å². The summed E-state index contributed by atoms with van der Waals surface area (Å²) in [7, 11) is 0. The third-order valence-corrected chi connectivity index (χ3v) is 6.99. The highest BCUT2D eigenvalue weighted by atomic mass is 35.5. The van der Waals surface area contributed by atoms with Crippen LogP contribution in [0.1, 0.15) is 48.6 Å². The molecule has 1 atom stereocenters. The first-order valence-corrected chi connectivity index (χ1v) is 12.7. The molecular formula is C24H26Cl2FN5O2S. The maximum atomic E-state index is 13.5. The Morgan fingerprint density at radius 2 is 1.86 bits per heavy atom. The fourth-order valence-corrected chi connectivity index (χ4v) is 4.48. The predicted octanol–water partition coefficient (Wildman–Crippen LogP) is 5.91. The Labute approximate surface area is 217 Å². The molecule has 0 bridgehead atoms. The summed E-state index contributed by atoms with van der Waals surface area (Å²) in [6.07, 6.45) is 0. The van der Waals surface area contributed by atoms with Gasteiger partial charge in [0.2, 0.25) is 5.91 Å². The number of nitrogens with zero attached hydrogens (tertiary/aromatic N) is 3. The summed E-state index contributed by atoms with van der Waals surface area (Å²) in [6, 6.07) is 8.50. The van der Waals surface area contributed by atoms with Gasteiger partial charge in [-0.15, -0.1) is 10.2 Å². The van der Waals surface area contributed by atoms with E-state index in [1.165, 1.54) is 30.0 Å². The molecule has 0 saturated heterocycles. The third kappa shape index (κ3) is 6.74. The van der Waals surface area contributed by atoms with E-state index in [9.17, 15) is 14.0 Å². The molecule has 1 heterocycles. The molecule has 0 fully saturated rings. The Hall–Kier alpha value is -2.62. The van der Waals surface area contributed by atoms with E-state index in [0.29, 0.717) is 38.8 Å². The smallest absolute Gasteiger partial charge is 0.251 e. The van der Waals surface area contributed by atoms with Crippen LogP contribution in [0.25, 0.3) is 0 Å². The Bertz CT molecular complexity index is 1230. The number of carbonyl (C=O) groups is 2. The maximum absolute atomic E-state index is 13.5. The van der Waals surface area contributed by atoms with Gasteiger partial charge in [-0.25, -0.2) is 4.39 Å². The van der Waals surface area contributed by atoms with Gasteiger partial charge in [0.15, 0.2) is 11.0 Å². The molecule has 2 aromatic carbocycles. The fourth-order valence-electron chi connectivity index (χ4n) is 3.37. The molecular weight excluding hydrogens is 512 g/mol. The Morgan fingerprint density at radius 1 is 1.11 bits per heavy atom. The zero-order valence-electron chi connectivity index (χ0n) is 19.7. The van der Waals surface area contributed by atoms with Crippen LogP contribution >= 0.6 is 35.0 Å². The van der Waals surface area contributed by atoms with Crippen LogP contribution in [0.4, 0.5) is 10.1 Å². The normalized spacial score (nSPS) is 12.0. The van der Waals surface area contributed by atoms with E-state index in [1.807, 2.05) is 25.3 Å². The van der Waals surface area contributed by atoms with Gasteiger partial charge < -0.3 is 15.2 Å². The van der Waals surface area contributed by atoms with Gasteiger partial charge in [0.1, 0.15) is 5.82 Å². The van der Waals surface area contributed by atoms with Crippen molar-refractivity contribution >= 4 is 52.5 Å². The van der Waals surface area contributed by atoms with Crippen molar-refractivity contribution in [1.29, 1.82) is 0 Å². The largest absolute Gasteiger partial charge is 0.342 e. The van der Waals surface area contributed by atoms with Gasteiger partial charge >= 0.3 is 0 Å². The van der Waals surface area contributed by atoms with E-state index in [-0.39, 0.29) is 23.5 Å². The summed E-state index contributed by atoms with van der Waals surface area (Å²) in [5.41, 5.74) is 1.57. The minimum absolute atomic E-state index is 0.00771. The molecule has 7 nitrogen and oxygen atoms in total. The van der Waals surface area contributed by atoms with Crippen LogP contribution in [0.2, 0.25) is 10.0 Å². The highest BCUT2D eigenvalue weighted by molar-refractivity contribution is 7.99. The first-order valence-electron chi connectivity index (χ1n) is 11.0. The van der Waals surface area contributed by atoms with Gasteiger partial charge in [0.05, 0.1) is 21.8 Å². The lowest BCUT2D eigenvalue weighted by atomic mass is 10.0. The Balaban J connectivity index is 1.73. The summed E-state index contributed by atoms with van der Waals surface area (Å²) in [5, 5.41) is 15.5. The van der Waals surface area contributed by atoms with Crippen LogP contribution in [0.15, 0.2) is 41.6 Å². The van der Waals surface area contributed by atoms with Gasteiger partial charge in [0, 0.05) is 17.8 Å². The topological polar surface area (TPSA) is 88.9 Å². The molecule has 186 valence electrons. The summed E-state index contributed by atoms with van der Waals surface area (Å²) in [6.45, 7) is 8.21. The lowest BCUT2D eigenvalue weighted by Gasteiger charge is -2.22. The first kappa shape index (κ1) is 27.0. The van der Waals surface area contributed by atoms with Crippen LogP contribution in [0.3, 0.4) is 0 Å². The minimum atomic E-state index is -0.428. The molecule has 3 rings (SSSR count). The van der Waals surface area contributed by atoms with Crippen molar-refractivity contribution in [3.63, 3.8) is 0 Å². The molecule has 3 aromatic rings. The second-order valence-corrected chi connectivity index (χ2v) is 9.96. The van der Waals surface area contributed by atoms with Crippen LogP contribution in [-0.4, -0.2) is 32.3 Å². The predicted molar refractivity (Wildman–Crippen MR) is 138 cm³/mol. The average Bonchev–Trinajstić information content (AvgIpc) is 3.22. The quantitative estimate of drug-likeness (QED) is 0.331. The summed E-state index contributed by atoms with van der Waals surface area (Å²) >= 11 is 13.2. The lowest BCUT2D eigenvalue weighted by Crippen LogP contribution is -2.33. The molecule has 2 N–H and O–H groups in total. The zero-order chi connectivity index (χ0) is 25.7. The molecule has 0 spiro atoms. The summed E-state index contributed by atoms with van der Waals surface area (Å²) in [5.74, 6) is -0.364. The number of nitrogens with one attached hydrogen (secondary N) is 2. The number of anilines is 1. The third-order valence-electron chi connectivity index (χ3n) is 5.28. The standard InChI is InChI=1S/C24H26Cl2FN5O2S/c1-5-32-22(21(13(2)3)29-23(34)15-7-9-17(25)18(26)10-15)30-31-24(32)35-12-20(33)28-19-11-16(27)8-6-14(19)4/h6-11,13,21H,5,12H2,1-4H3,(H,28,33)(H,29,34)/t21-/m1/s1. The molecule has 0 aliphatic carbocycles. The van der Waals surface area contributed by atoms with Gasteiger partial charge in [-0.1, -0.05) is 54.9 Å². The van der Waals surface area contributed by atoms with E-state index in [0.717, 1.165) is 5.56 Å². The average molecular weight is 538 g/mol. The second-order valence-electron chi connectivity index (χ2n) is 8.21. The number of hydrogen-bond donors (Lipinski definition) is 2. The number of thioether (sulfide) groups is 1. The lowest BCUT2D eigenvalue weighted by molar-refractivity contribution is -0.113. The number of halogens is 3. The van der Waals surface area contributed by atoms with Crippen molar-refractivity contribution in [2.24, 2.45) is 5.92 Å².